The summed E-state index contributed by atoms with van der Waals surface area (Å²) >= 11 is 0. The van der Waals surface area contributed by atoms with Gasteiger partial charge < -0.3 is 9.84 Å². The minimum absolute atomic E-state index is 0.0345. The molecule has 0 atom stereocenters. The van der Waals surface area contributed by atoms with Gasteiger partial charge in [-0.15, -0.1) is 0 Å². The Balaban J connectivity index is 2.11. The van der Waals surface area contributed by atoms with E-state index in [0.717, 1.165) is 5.56 Å². The van der Waals surface area contributed by atoms with Crippen LogP contribution in [0.3, 0.4) is 0 Å². The van der Waals surface area contributed by atoms with Crippen molar-refractivity contribution >= 4 is 5.78 Å². The predicted octanol–water partition coefficient (Wildman–Crippen LogP) is 3.22. The zero-order valence-corrected chi connectivity index (χ0v) is 10.8. The second kappa shape index (κ2) is 6.05. The third kappa shape index (κ3) is 3.58. The molecule has 0 radical (unpaired) electrons. The Morgan fingerprint density at radius 3 is 2.58 bits per heavy atom. The average molecular weight is 256 g/mol. The summed E-state index contributed by atoms with van der Waals surface area (Å²) in [5.41, 5.74) is 1.52. The van der Waals surface area contributed by atoms with Crippen LogP contribution in [-0.4, -0.2) is 17.5 Å². The van der Waals surface area contributed by atoms with Gasteiger partial charge in [0.25, 0.3) is 0 Å². The number of benzene rings is 2. The smallest absolute Gasteiger partial charge is 0.167 e. The van der Waals surface area contributed by atoms with Gasteiger partial charge in [-0.3, -0.25) is 4.79 Å². The van der Waals surface area contributed by atoms with Crippen LogP contribution in [0.15, 0.2) is 48.5 Å². The molecular formula is C16H16O3. The van der Waals surface area contributed by atoms with Gasteiger partial charge in [0.2, 0.25) is 0 Å². The van der Waals surface area contributed by atoms with Crippen molar-refractivity contribution in [3.63, 3.8) is 0 Å². The molecule has 0 aliphatic heterocycles. The molecule has 3 nitrogen and oxygen atoms in total. The SMILES string of the molecule is CCOc1cccc(C(=O)Cc2ccc(O)cc2)c1. The van der Waals surface area contributed by atoms with Gasteiger partial charge in [0.05, 0.1) is 6.61 Å². The number of Topliss-reactive ketones (excluding diaryl/α,β-unsaturated/α-hetero) is 1. The number of ketones is 1. The molecule has 98 valence electrons. The van der Waals surface area contributed by atoms with Crippen LogP contribution in [0.25, 0.3) is 0 Å². The van der Waals surface area contributed by atoms with Crippen molar-refractivity contribution in [1.29, 1.82) is 0 Å². The zero-order valence-electron chi connectivity index (χ0n) is 10.8. The van der Waals surface area contributed by atoms with Crippen molar-refractivity contribution < 1.29 is 14.6 Å². The van der Waals surface area contributed by atoms with Gasteiger partial charge >= 0.3 is 0 Å². The minimum atomic E-state index is 0.0345. The first-order chi connectivity index (χ1) is 9.19. The number of carbonyl (C=O) groups is 1. The minimum Gasteiger partial charge on any atom is -0.508 e. The Bertz CT molecular complexity index is 558. The van der Waals surface area contributed by atoms with E-state index in [0.29, 0.717) is 24.3 Å². The van der Waals surface area contributed by atoms with Crippen molar-refractivity contribution in [3.8, 4) is 11.5 Å². The molecule has 2 rings (SSSR count). The number of hydrogen-bond acceptors (Lipinski definition) is 3. The number of phenols is 1. The first kappa shape index (κ1) is 13.1. The topological polar surface area (TPSA) is 46.5 Å². The summed E-state index contributed by atoms with van der Waals surface area (Å²) < 4.78 is 5.38. The Hall–Kier alpha value is -2.29. The summed E-state index contributed by atoms with van der Waals surface area (Å²) in [6, 6.07) is 13.9. The van der Waals surface area contributed by atoms with Crippen molar-refractivity contribution in [3.05, 3.63) is 59.7 Å². The van der Waals surface area contributed by atoms with E-state index in [1.54, 1.807) is 36.4 Å². The van der Waals surface area contributed by atoms with Crippen LogP contribution in [0.5, 0.6) is 11.5 Å². The molecule has 3 heteroatoms. The summed E-state index contributed by atoms with van der Waals surface area (Å²) in [7, 11) is 0. The van der Waals surface area contributed by atoms with Gasteiger partial charge in [0, 0.05) is 12.0 Å². The number of hydrogen-bond donors (Lipinski definition) is 1. The fraction of sp³-hybridized carbons (Fsp3) is 0.188. The molecule has 0 aliphatic carbocycles. The Morgan fingerprint density at radius 2 is 1.89 bits per heavy atom. The van der Waals surface area contributed by atoms with E-state index in [1.165, 1.54) is 0 Å². The largest absolute Gasteiger partial charge is 0.508 e. The highest BCUT2D eigenvalue weighted by Crippen LogP contribution is 2.16. The first-order valence-corrected chi connectivity index (χ1v) is 6.23. The quantitative estimate of drug-likeness (QED) is 0.835. The molecule has 0 heterocycles. The van der Waals surface area contributed by atoms with Crippen molar-refractivity contribution in [1.82, 2.24) is 0 Å². The fourth-order valence-electron chi connectivity index (χ4n) is 1.83. The molecule has 0 aliphatic rings. The maximum Gasteiger partial charge on any atom is 0.167 e. The average Bonchev–Trinajstić information content (AvgIpc) is 2.42. The van der Waals surface area contributed by atoms with Crippen LogP contribution in [0.2, 0.25) is 0 Å². The molecule has 0 saturated carbocycles. The monoisotopic (exact) mass is 256 g/mol. The molecule has 0 amide bonds. The Kier molecular flexibility index (Phi) is 4.18. The van der Waals surface area contributed by atoms with E-state index in [2.05, 4.69) is 0 Å². The van der Waals surface area contributed by atoms with Gasteiger partial charge in [-0.2, -0.15) is 0 Å². The maximum absolute atomic E-state index is 12.1. The second-order valence-corrected chi connectivity index (χ2v) is 4.23. The molecule has 2 aromatic carbocycles. The van der Waals surface area contributed by atoms with Crippen LogP contribution in [0, 0.1) is 0 Å². The number of aromatic hydroxyl groups is 1. The van der Waals surface area contributed by atoms with Crippen molar-refractivity contribution in [2.24, 2.45) is 0 Å². The zero-order chi connectivity index (χ0) is 13.7. The number of carbonyl (C=O) groups excluding carboxylic acids is 1. The highest BCUT2D eigenvalue weighted by atomic mass is 16.5. The third-order valence-corrected chi connectivity index (χ3v) is 2.77. The molecule has 2 aromatic rings. The van der Waals surface area contributed by atoms with Crippen LogP contribution in [0.1, 0.15) is 22.8 Å². The van der Waals surface area contributed by atoms with E-state index < -0.39 is 0 Å². The Labute approximate surface area is 112 Å². The Morgan fingerprint density at radius 1 is 1.16 bits per heavy atom. The molecule has 0 unspecified atom stereocenters. The lowest BCUT2D eigenvalue weighted by molar-refractivity contribution is 0.0992. The summed E-state index contributed by atoms with van der Waals surface area (Å²) in [6.07, 6.45) is 0.315. The summed E-state index contributed by atoms with van der Waals surface area (Å²) in [4.78, 5) is 12.1. The maximum atomic E-state index is 12.1. The van der Waals surface area contributed by atoms with E-state index in [1.807, 2.05) is 19.1 Å². The number of phenolic OH excluding ortho intramolecular Hbond substituents is 1. The number of ether oxygens (including phenoxy) is 1. The molecule has 0 aromatic heterocycles. The highest BCUT2D eigenvalue weighted by molar-refractivity contribution is 5.97. The van der Waals surface area contributed by atoms with Crippen LogP contribution >= 0.6 is 0 Å². The van der Waals surface area contributed by atoms with Crippen LogP contribution < -0.4 is 4.74 Å². The summed E-state index contributed by atoms with van der Waals surface area (Å²) in [5.74, 6) is 0.945. The molecule has 0 fully saturated rings. The van der Waals surface area contributed by atoms with E-state index in [4.69, 9.17) is 4.74 Å². The van der Waals surface area contributed by atoms with E-state index in [-0.39, 0.29) is 11.5 Å². The van der Waals surface area contributed by atoms with Gasteiger partial charge in [-0.25, -0.2) is 0 Å². The third-order valence-electron chi connectivity index (χ3n) is 2.77. The summed E-state index contributed by atoms with van der Waals surface area (Å²) in [6.45, 7) is 2.49. The van der Waals surface area contributed by atoms with Gasteiger partial charge in [-0.05, 0) is 36.8 Å². The van der Waals surface area contributed by atoms with Gasteiger partial charge in [0.1, 0.15) is 11.5 Å². The highest BCUT2D eigenvalue weighted by Gasteiger charge is 2.08. The fourth-order valence-corrected chi connectivity index (χ4v) is 1.83. The van der Waals surface area contributed by atoms with Gasteiger partial charge in [-0.1, -0.05) is 24.3 Å². The lowest BCUT2D eigenvalue weighted by Crippen LogP contribution is -2.04. The molecule has 0 spiro atoms. The molecular weight excluding hydrogens is 240 g/mol. The lowest BCUT2D eigenvalue weighted by atomic mass is 10.0. The van der Waals surface area contributed by atoms with Crippen LogP contribution in [0.4, 0.5) is 0 Å². The first-order valence-electron chi connectivity index (χ1n) is 6.23. The van der Waals surface area contributed by atoms with Crippen LogP contribution in [-0.2, 0) is 6.42 Å². The lowest BCUT2D eigenvalue weighted by Gasteiger charge is -2.06. The molecule has 0 bridgehead atoms. The predicted molar refractivity (Wildman–Crippen MR) is 73.8 cm³/mol. The standard InChI is InChI=1S/C16H16O3/c1-2-19-15-5-3-4-13(11-15)16(18)10-12-6-8-14(17)9-7-12/h3-9,11,17H,2,10H2,1H3. The number of rotatable bonds is 5. The molecule has 1 N–H and O–H groups in total. The van der Waals surface area contributed by atoms with Gasteiger partial charge in [0.15, 0.2) is 5.78 Å². The van der Waals surface area contributed by atoms with E-state index >= 15 is 0 Å². The summed E-state index contributed by atoms with van der Waals surface area (Å²) in [5, 5.41) is 9.20. The normalized spacial score (nSPS) is 10.2. The van der Waals surface area contributed by atoms with E-state index in [9.17, 15) is 9.90 Å². The van der Waals surface area contributed by atoms with Crippen molar-refractivity contribution in [2.45, 2.75) is 13.3 Å². The molecule has 19 heavy (non-hydrogen) atoms. The second-order valence-electron chi connectivity index (χ2n) is 4.23. The van der Waals surface area contributed by atoms with Crippen molar-refractivity contribution in [2.75, 3.05) is 6.61 Å². The molecule has 0 saturated heterocycles.